The maximum atomic E-state index is 12.7. The molecule has 0 amide bonds. The zero-order chi connectivity index (χ0) is 16.2. The van der Waals surface area contributed by atoms with Crippen molar-refractivity contribution in [3.05, 3.63) is 71.0 Å². The van der Waals surface area contributed by atoms with E-state index in [0.29, 0.717) is 12.2 Å². The standard InChI is InChI=1S/C19H21N3O/c1-2-3-14-21-19(23)17(20)18(15-10-6-4-7-11-15)22(21)16-12-8-5-9-13-16/h4-13H,2-3,14,20H2,1H3. The minimum absolute atomic E-state index is 0.124. The molecule has 0 atom stereocenters. The van der Waals surface area contributed by atoms with E-state index < -0.39 is 0 Å². The molecule has 4 heteroatoms. The van der Waals surface area contributed by atoms with Crippen LogP contribution in [0.25, 0.3) is 16.9 Å². The van der Waals surface area contributed by atoms with E-state index >= 15 is 0 Å². The largest absolute Gasteiger partial charge is 0.392 e. The highest BCUT2D eigenvalue weighted by molar-refractivity contribution is 5.74. The Kier molecular flexibility index (Phi) is 4.33. The van der Waals surface area contributed by atoms with Crippen molar-refractivity contribution in [1.82, 2.24) is 9.36 Å². The Hall–Kier alpha value is -2.75. The van der Waals surface area contributed by atoms with Crippen LogP contribution in [0, 0.1) is 0 Å². The van der Waals surface area contributed by atoms with Gasteiger partial charge in [-0.15, -0.1) is 0 Å². The first-order valence-electron chi connectivity index (χ1n) is 7.96. The minimum atomic E-state index is -0.124. The lowest BCUT2D eigenvalue weighted by molar-refractivity contribution is 0.512. The lowest BCUT2D eigenvalue weighted by Crippen LogP contribution is -2.23. The third kappa shape index (κ3) is 2.80. The number of unbranched alkanes of at least 4 members (excludes halogenated alkanes) is 1. The lowest BCUT2D eigenvalue weighted by Gasteiger charge is -2.15. The van der Waals surface area contributed by atoms with E-state index in [1.165, 1.54) is 0 Å². The van der Waals surface area contributed by atoms with Gasteiger partial charge in [-0.25, -0.2) is 9.36 Å². The zero-order valence-electron chi connectivity index (χ0n) is 13.3. The number of benzene rings is 2. The number of aromatic nitrogens is 2. The predicted molar refractivity (Wildman–Crippen MR) is 94.8 cm³/mol. The van der Waals surface area contributed by atoms with Gasteiger partial charge in [0.15, 0.2) is 0 Å². The average molecular weight is 307 g/mol. The Morgan fingerprint density at radius 2 is 1.57 bits per heavy atom. The van der Waals surface area contributed by atoms with Gasteiger partial charge in [0.05, 0.1) is 11.4 Å². The third-order valence-electron chi connectivity index (χ3n) is 3.94. The summed E-state index contributed by atoms with van der Waals surface area (Å²) in [5.74, 6) is 0. The molecule has 0 saturated carbocycles. The highest BCUT2D eigenvalue weighted by Crippen LogP contribution is 2.27. The predicted octanol–water partition coefficient (Wildman–Crippen LogP) is 3.69. The summed E-state index contributed by atoms with van der Waals surface area (Å²) in [5.41, 5.74) is 9.02. The molecule has 0 aliphatic carbocycles. The molecule has 0 fully saturated rings. The lowest BCUT2D eigenvalue weighted by atomic mass is 10.1. The van der Waals surface area contributed by atoms with Gasteiger partial charge in [-0.2, -0.15) is 0 Å². The van der Waals surface area contributed by atoms with Gasteiger partial charge in [-0.3, -0.25) is 4.79 Å². The number of para-hydroxylation sites is 1. The molecule has 23 heavy (non-hydrogen) atoms. The molecule has 3 rings (SSSR count). The fourth-order valence-corrected chi connectivity index (χ4v) is 2.79. The molecular weight excluding hydrogens is 286 g/mol. The van der Waals surface area contributed by atoms with Crippen LogP contribution in [0.3, 0.4) is 0 Å². The second-order valence-corrected chi connectivity index (χ2v) is 5.56. The fourth-order valence-electron chi connectivity index (χ4n) is 2.79. The number of hydrogen-bond donors (Lipinski definition) is 1. The minimum Gasteiger partial charge on any atom is -0.392 e. The normalized spacial score (nSPS) is 10.8. The Morgan fingerprint density at radius 1 is 0.957 bits per heavy atom. The van der Waals surface area contributed by atoms with E-state index in [9.17, 15) is 4.79 Å². The second-order valence-electron chi connectivity index (χ2n) is 5.56. The van der Waals surface area contributed by atoms with Gasteiger partial charge in [0.2, 0.25) is 0 Å². The number of nitrogen functional groups attached to an aromatic ring is 1. The van der Waals surface area contributed by atoms with E-state index in [4.69, 9.17) is 5.73 Å². The molecule has 118 valence electrons. The Morgan fingerprint density at radius 3 is 2.17 bits per heavy atom. The number of hydrogen-bond acceptors (Lipinski definition) is 2. The van der Waals surface area contributed by atoms with E-state index in [-0.39, 0.29) is 5.56 Å². The maximum Gasteiger partial charge on any atom is 0.290 e. The highest BCUT2D eigenvalue weighted by atomic mass is 16.1. The summed E-state index contributed by atoms with van der Waals surface area (Å²) in [5, 5.41) is 0. The molecule has 1 heterocycles. The van der Waals surface area contributed by atoms with Crippen LogP contribution in [-0.2, 0) is 6.54 Å². The van der Waals surface area contributed by atoms with Gasteiger partial charge >= 0.3 is 0 Å². The van der Waals surface area contributed by atoms with Crippen LogP contribution in [0.5, 0.6) is 0 Å². The molecule has 0 radical (unpaired) electrons. The zero-order valence-corrected chi connectivity index (χ0v) is 13.3. The number of rotatable bonds is 5. The summed E-state index contributed by atoms with van der Waals surface area (Å²) in [7, 11) is 0. The first-order chi connectivity index (χ1) is 11.2. The summed E-state index contributed by atoms with van der Waals surface area (Å²) in [6.07, 6.45) is 1.96. The van der Waals surface area contributed by atoms with Gasteiger partial charge in [0.25, 0.3) is 5.56 Å². The molecular formula is C19H21N3O. The SMILES string of the molecule is CCCCn1c(=O)c(N)c(-c2ccccc2)n1-c1ccccc1. The maximum absolute atomic E-state index is 12.7. The van der Waals surface area contributed by atoms with Crippen molar-refractivity contribution in [2.45, 2.75) is 26.3 Å². The Labute approximate surface area is 135 Å². The number of anilines is 1. The second kappa shape index (κ2) is 6.57. The van der Waals surface area contributed by atoms with Crippen molar-refractivity contribution in [1.29, 1.82) is 0 Å². The molecule has 0 spiro atoms. The summed E-state index contributed by atoms with van der Waals surface area (Å²) < 4.78 is 3.69. The van der Waals surface area contributed by atoms with Crippen molar-refractivity contribution < 1.29 is 0 Å². The van der Waals surface area contributed by atoms with Gasteiger partial charge in [0, 0.05) is 12.1 Å². The van der Waals surface area contributed by atoms with Crippen LogP contribution in [0.2, 0.25) is 0 Å². The van der Waals surface area contributed by atoms with Crippen molar-refractivity contribution >= 4 is 5.69 Å². The number of nitrogens with zero attached hydrogens (tertiary/aromatic N) is 2. The van der Waals surface area contributed by atoms with E-state index in [1.54, 1.807) is 4.68 Å². The summed E-state index contributed by atoms with van der Waals surface area (Å²) in [6, 6.07) is 19.7. The smallest absolute Gasteiger partial charge is 0.290 e. The quantitative estimate of drug-likeness (QED) is 0.781. The van der Waals surface area contributed by atoms with Crippen LogP contribution in [0.1, 0.15) is 19.8 Å². The first kappa shape index (κ1) is 15.2. The van der Waals surface area contributed by atoms with E-state index in [0.717, 1.165) is 29.8 Å². The molecule has 0 aliphatic rings. The molecule has 2 aromatic carbocycles. The van der Waals surface area contributed by atoms with Crippen LogP contribution in [0.15, 0.2) is 65.5 Å². The van der Waals surface area contributed by atoms with Crippen molar-refractivity contribution in [3.8, 4) is 16.9 Å². The molecule has 4 nitrogen and oxygen atoms in total. The monoisotopic (exact) mass is 307 g/mol. The van der Waals surface area contributed by atoms with Gasteiger partial charge in [-0.05, 0) is 18.6 Å². The molecule has 1 aromatic heterocycles. The van der Waals surface area contributed by atoms with Crippen molar-refractivity contribution in [2.75, 3.05) is 5.73 Å². The van der Waals surface area contributed by atoms with Crippen LogP contribution < -0.4 is 11.3 Å². The highest BCUT2D eigenvalue weighted by Gasteiger charge is 2.19. The third-order valence-corrected chi connectivity index (χ3v) is 3.94. The summed E-state index contributed by atoms with van der Waals surface area (Å²) in [4.78, 5) is 12.7. The number of nitrogens with two attached hydrogens (primary N) is 1. The Bertz CT molecular complexity index is 832. The molecule has 0 unspecified atom stereocenters. The molecule has 2 N–H and O–H groups in total. The van der Waals surface area contributed by atoms with Crippen molar-refractivity contribution in [2.24, 2.45) is 0 Å². The van der Waals surface area contributed by atoms with Crippen molar-refractivity contribution in [3.63, 3.8) is 0 Å². The molecule has 0 aliphatic heterocycles. The van der Waals surface area contributed by atoms with Crippen LogP contribution >= 0.6 is 0 Å². The first-order valence-corrected chi connectivity index (χ1v) is 7.96. The fraction of sp³-hybridized carbons (Fsp3) is 0.211. The average Bonchev–Trinajstić information content (AvgIpc) is 2.86. The topological polar surface area (TPSA) is 52.9 Å². The van der Waals surface area contributed by atoms with Gasteiger partial charge < -0.3 is 5.73 Å². The Balaban J connectivity index is 2.29. The van der Waals surface area contributed by atoms with Gasteiger partial charge in [0.1, 0.15) is 5.69 Å². The summed E-state index contributed by atoms with van der Waals surface area (Å²) >= 11 is 0. The summed E-state index contributed by atoms with van der Waals surface area (Å²) in [6.45, 7) is 2.77. The molecule has 0 bridgehead atoms. The van der Waals surface area contributed by atoms with E-state index in [2.05, 4.69) is 6.92 Å². The molecule has 3 aromatic rings. The molecule has 0 saturated heterocycles. The van der Waals surface area contributed by atoms with Crippen LogP contribution in [-0.4, -0.2) is 9.36 Å². The van der Waals surface area contributed by atoms with E-state index in [1.807, 2.05) is 65.3 Å². The van der Waals surface area contributed by atoms with Crippen LogP contribution in [0.4, 0.5) is 5.69 Å². The van der Waals surface area contributed by atoms with Gasteiger partial charge in [-0.1, -0.05) is 61.9 Å².